The van der Waals surface area contributed by atoms with Gasteiger partial charge in [-0.15, -0.1) is 0 Å². The second kappa shape index (κ2) is 13.5. The first kappa shape index (κ1) is 33.1. The minimum atomic E-state index is -4.50. The van der Waals surface area contributed by atoms with E-state index in [2.05, 4.69) is 0 Å². The lowest BCUT2D eigenvalue weighted by Crippen LogP contribution is -2.48. The molecule has 2 aliphatic rings. The summed E-state index contributed by atoms with van der Waals surface area (Å²) in [5.41, 5.74) is 0.728. The fourth-order valence-electron chi connectivity index (χ4n) is 5.81. The normalized spacial score (nSPS) is 16.2. The molecule has 8 nitrogen and oxygen atoms in total. The Hall–Kier alpha value is -3.76. The second-order valence-electron chi connectivity index (χ2n) is 12.5. The van der Waals surface area contributed by atoms with Crippen molar-refractivity contribution in [2.75, 3.05) is 25.6 Å². The summed E-state index contributed by atoms with van der Waals surface area (Å²) < 4.78 is 58.0. The molecule has 0 unspecified atom stereocenters. The van der Waals surface area contributed by atoms with Gasteiger partial charge in [0.2, 0.25) is 5.91 Å². The lowest BCUT2D eigenvalue weighted by atomic mass is 9.83. The van der Waals surface area contributed by atoms with Crippen molar-refractivity contribution in [1.29, 1.82) is 0 Å². The number of methoxy groups -OCH3 is 1. The zero-order valence-corrected chi connectivity index (χ0v) is 26.0. The smallest absolute Gasteiger partial charge is 0.416 e. The summed E-state index contributed by atoms with van der Waals surface area (Å²) >= 11 is 0. The lowest BCUT2D eigenvalue weighted by molar-refractivity contribution is -0.148. The Morgan fingerprint density at radius 3 is 2.36 bits per heavy atom. The van der Waals surface area contributed by atoms with Crippen molar-refractivity contribution in [2.45, 2.75) is 96.1 Å². The molecule has 2 amide bonds. The van der Waals surface area contributed by atoms with Gasteiger partial charge < -0.3 is 19.1 Å². The van der Waals surface area contributed by atoms with Gasteiger partial charge in [-0.25, -0.2) is 9.59 Å². The predicted molar refractivity (Wildman–Crippen MR) is 159 cm³/mol. The largest absolute Gasteiger partial charge is 0.489 e. The van der Waals surface area contributed by atoms with Crippen molar-refractivity contribution < 1.29 is 41.8 Å². The van der Waals surface area contributed by atoms with Crippen LogP contribution in [0.1, 0.15) is 87.5 Å². The Morgan fingerprint density at radius 1 is 1.02 bits per heavy atom. The number of ether oxygens (including phenoxy) is 3. The molecule has 1 aliphatic carbocycles. The van der Waals surface area contributed by atoms with Crippen molar-refractivity contribution >= 4 is 23.7 Å². The van der Waals surface area contributed by atoms with Crippen molar-refractivity contribution in [3.05, 3.63) is 58.7 Å². The van der Waals surface area contributed by atoms with Crippen molar-refractivity contribution in [1.82, 2.24) is 4.90 Å². The van der Waals surface area contributed by atoms with Crippen LogP contribution in [0.25, 0.3) is 0 Å². The highest BCUT2D eigenvalue weighted by molar-refractivity contribution is 5.98. The minimum absolute atomic E-state index is 0.0670. The third-order valence-electron chi connectivity index (χ3n) is 8.15. The number of alkyl halides is 3. The first-order valence-electron chi connectivity index (χ1n) is 15.0. The van der Waals surface area contributed by atoms with Gasteiger partial charge in [0.1, 0.15) is 24.0 Å². The van der Waals surface area contributed by atoms with Crippen LogP contribution in [0.3, 0.4) is 0 Å². The monoisotopic (exact) mass is 618 g/mol. The quantitative estimate of drug-likeness (QED) is 0.296. The van der Waals surface area contributed by atoms with Crippen LogP contribution < -0.4 is 9.64 Å². The van der Waals surface area contributed by atoms with E-state index in [1.54, 1.807) is 45.0 Å². The van der Waals surface area contributed by atoms with E-state index in [1.807, 2.05) is 0 Å². The van der Waals surface area contributed by atoms with Crippen LogP contribution in [-0.2, 0) is 38.3 Å². The molecule has 11 heteroatoms. The molecule has 0 bridgehead atoms. The molecule has 1 heterocycles. The topological polar surface area (TPSA) is 85.4 Å². The number of halogens is 3. The highest BCUT2D eigenvalue weighted by Crippen LogP contribution is 2.39. The van der Waals surface area contributed by atoms with Crippen LogP contribution in [-0.4, -0.2) is 55.2 Å². The Balaban J connectivity index is 1.45. The van der Waals surface area contributed by atoms with Crippen molar-refractivity contribution in [3.63, 3.8) is 0 Å². The van der Waals surface area contributed by atoms with Crippen LogP contribution >= 0.6 is 0 Å². The summed E-state index contributed by atoms with van der Waals surface area (Å²) in [4.78, 5) is 41.0. The lowest BCUT2D eigenvalue weighted by Gasteiger charge is -2.30. The molecular weight excluding hydrogens is 577 g/mol. The zero-order valence-electron chi connectivity index (χ0n) is 26.0. The number of hydrogen-bond donors (Lipinski definition) is 0. The number of carbonyl (C=O) groups is 3. The number of fused-ring (bicyclic) bond motifs is 1. The minimum Gasteiger partial charge on any atom is -0.489 e. The number of carbonyl (C=O) groups excluding carboxylic acids is 3. The van der Waals surface area contributed by atoms with Gasteiger partial charge in [-0.2, -0.15) is 13.2 Å². The summed E-state index contributed by atoms with van der Waals surface area (Å²) in [5, 5.41) is 0. The van der Waals surface area contributed by atoms with Crippen molar-refractivity contribution in [2.24, 2.45) is 0 Å². The number of likely N-dealkylation sites (N-methyl/N-ethyl adjacent to an activating group) is 1. The van der Waals surface area contributed by atoms with Gasteiger partial charge in [0.15, 0.2) is 0 Å². The number of esters is 1. The molecule has 0 aromatic heterocycles. The fraction of sp³-hybridized carbons (Fsp3) is 0.545. The van der Waals surface area contributed by atoms with Gasteiger partial charge >= 0.3 is 18.2 Å². The van der Waals surface area contributed by atoms with Crippen LogP contribution in [0.4, 0.5) is 23.7 Å². The van der Waals surface area contributed by atoms with E-state index in [1.165, 1.54) is 31.2 Å². The Labute approximate surface area is 256 Å². The van der Waals surface area contributed by atoms with Crippen LogP contribution in [0.5, 0.6) is 5.75 Å². The SMILES string of the molecule is COC(=O)[C@@H](CC(=O)N1CCc2cc(OCc3ccc(C4CCCCC4)cc3C(F)(F)F)ccc21)N(C)C(=O)OC(C)(C)C. The van der Waals surface area contributed by atoms with Gasteiger partial charge in [-0.1, -0.05) is 31.4 Å². The fourth-order valence-corrected chi connectivity index (χ4v) is 5.81. The first-order chi connectivity index (χ1) is 20.7. The van der Waals surface area contributed by atoms with Crippen LogP contribution in [0.15, 0.2) is 36.4 Å². The molecule has 1 aliphatic heterocycles. The van der Waals surface area contributed by atoms with Crippen LogP contribution in [0, 0.1) is 0 Å². The average molecular weight is 619 g/mol. The number of nitrogens with zero attached hydrogens (tertiary/aromatic N) is 2. The Kier molecular flexibility index (Phi) is 10.2. The number of anilines is 1. The number of hydrogen-bond acceptors (Lipinski definition) is 6. The van der Waals surface area contributed by atoms with E-state index in [4.69, 9.17) is 14.2 Å². The maximum absolute atomic E-state index is 14.0. The molecule has 1 saturated carbocycles. The Bertz CT molecular complexity index is 1360. The molecule has 44 heavy (non-hydrogen) atoms. The molecule has 0 radical (unpaired) electrons. The maximum atomic E-state index is 14.0. The summed E-state index contributed by atoms with van der Waals surface area (Å²) in [7, 11) is 2.55. The maximum Gasteiger partial charge on any atom is 0.416 e. The van der Waals surface area contributed by atoms with E-state index in [-0.39, 0.29) is 24.5 Å². The molecule has 1 fully saturated rings. The van der Waals surface area contributed by atoms with E-state index in [9.17, 15) is 27.6 Å². The standard InChI is InChI=1S/C33H41F3N2O6/c1-32(2,3)44-31(41)37(4)28(30(40)42-5)19-29(39)38-16-15-23-17-25(13-14-27(23)38)43-20-24-12-11-22(18-26(24)33(34,35)36)21-9-7-6-8-10-21/h11-14,17-18,21,28H,6-10,15-16,19-20H2,1-5H3/t28-/m1/s1. The highest BCUT2D eigenvalue weighted by atomic mass is 19.4. The van der Waals surface area contributed by atoms with E-state index in [0.29, 0.717) is 24.4 Å². The highest BCUT2D eigenvalue weighted by Gasteiger charge is 2.37. The van der Waals surface area contributed by atoms with E-state index in [0.717, 1.165) is 48.1 Å². The van der Waals surface area contributed by atoms with Crippen molar-refractivity contribution in [3.8, 4) is 5.75 Å². The number of amides is 2. The molecule has 2 aromatic rings. The third kappa shape index (κ3) is 8.04. The molecule has 1 atom stereocenters. The molecule has 240 valence electrons. The Morgan fingerprint density at radius 2 is 1.73 bits per heavy atom. The van der Waals surface area contributed by atoms with E-state index >= 15 is 0 Å². The summed E-state index contributed by atoms with van der Waals surface area (Å²) in [6, 6.07) is 8.40. The average Bonchev–Trinajstić information content (AvgIpc) is 3.40. The molecule has 0 N–H and O–H groups in total. The third-order valence-corrected chi connectivity index (χ3v) is 8.15. The summed E-state index contributed by atoms with van der Waals surface area (Å²) in [6.45, 7) is 5.17. The van der Waals surface area contributed by atoms with Gasteiger partial charge in [0.25, 0.3) is 0 Å². The van der Waals surface area contributed by atoms with Gasteiger partial charge in [-0.05, 0) is 81.3 Å². The number of benzene rings is 2. The molecule has 2 aromatic carbocycles. The van der Waals surface area contributed by atoms with Gasteiger partial charge in [0.05, 0.1) is 19.1 Å². The molecule has 0 spiro atoms. The summed E-state index contributed by atoms with van der Waals surface area (Å²) in [5.74, 6) is -0.599. The predicted octanol–water partition coefficient (Wildman–Crippen LogP) is 7.02. The molecule has 4 rings (SSSR count). The summed E-state index contributed by atoms with van der Waals surface area (Å²) in [6.07, 6.45) is -0.0776. The van der Waals surface area contributed by atoms with E-state index < -0.39 is 41.4 Å². The van der Waals surface area contributed by atoms with Gasteiger partial charge in [0, 0.05) is 24.8 Å². The zero-order chi connectivity index (χ0) is 32.2. The van der Waals surface area contributed by atoms with Crippen LogP contribution in [0.2, 0.25) is 0 Å². The molecule has 0 saturated heterocycles. The molecular formula is C33H41F3N2O6. The first-order valence-corrected chi connectivity index (χ1v) is 15.0. The number of rotatable bonds is 8. The van der Waals surface area contributed by atoms with Gasteiger partial charge in [-0.3, -0.25) is 9.69 Å². The second-order valence-corrected chi connectivity index (χ2v) is 12.5.